The zero-order chi connectivity index (χ0) is 15.8. The van der Waals surface area contributed by atoms with Crippen LogP contribution in [0.25, 0.3) is 0 Å². The fourth-order valence-electron chi connectivity index (χ4n) is 2.32. The predicted octanol–water partition coefficient (Wildman–Crippen LogP) is 0.185. The average molecular weight is 316 g/mol. The Labute approximate surface area is 121 Å². The first-order valence-corrected chi connectivity index (χ1v) is 7.84. The Morgan fingerprint density at radius 2 is 2.14 bits per heavy atom. The second kappa shape index (κ2) is 5.49. The van der Waals surface area contributed by atoms with Gasteiger partial charge in [-0.3, -0.25) is 4.79 Å². The highest BCUT2D eigenvalue weighted by atomic mass is 32.2. The molecule has 1 aromatic rings. The van der Waals surface area contributed by atoms with Crippen LogP contribution >= 0.6 is 0 Å². The molecule has 0 saturated carbocycles. The number of carbonyl (C=O) groups excluding carboxylic acids is 1. The van der Waals surface area contributed by atoms with Crippen LogP contribution in [-0.4, -0.2) is 49.9 Å². The molecule has 1 saturated heterocycles. The van der Waals surface area contributed by atoms with Crippen LogP contribution in [0.2, 0.25) is 0 Å². The molecular weight excluding hydrogens is 300 g/mol. The first-order chi connectivity index (χ1) is 9.77. The van der Waals surface area contributed by atoms with Crippen molar-refractivity contribution in [3.63, 3.8) is 0 Å². The average Bonchev–Trinajstić information content (AvgIpc) is 3.04. The molecule has 2 N–H and O–H groups in total. The molecule has 0 spiro atoms. The van der Waals surface area contributed by atoms with Crippen molar-refractivity contribution >= 4 is 21.9 Å². The van der Waals surface area contributed by atoms with Crippen molar-refractivity contribution in [2.45, 2.75) is 30.9 Å². The highest BCUT2D eigenvalue weighted by Gasteiger charge is 2.36. The zero-order valence-corrected chi connectivity index (χ0v) is 12.4. The smallest absolute Gasteiger partial charge is 0.326 e. The summed E-state index contributed by atoms with van der Waals surface area (Å²) >= 11 is 0. The highest BCUT2D eigenvalue weighted by molar-refractivity contribution is 7.89. The molecule has 0 bridgehead atoms. The van der Waals surface area contributed by atoms with E-state index in [2.05, 4.69) is 4.72 Å². The van der Waals surface area contributed by atoms with Crippen molar-refractivity contribution in [2.75, 3.05) is 13.6 Å². The lowest BCUT2D eigenvalue weighted by molar-refractivity contribution is -0.141. The van der Waals surface area contributed by atoms with Crippen LogP contribution in [-0.2, 0) is 14.8 Å². The molecule has 1 amide bonds. The number of carboxylic acid groups (broad SMARTS) is 1. The summed E-state index contributed by atoms with van der Waals surface area (Å²) in [5.41, 5.74) is 0.0666. The fourth-order valence-corrected chi connectivity index (χ4v) is 3.03. The molecule has 1 aromatic heterocycles. The molecule has 2 heterocycles. The Balaban J connectivity index is 2.34. The van der Waals surface area contributed by atoms with Gasteiger partial charge >= 0.3 is 5.97 Å². The Hall–Kier alpha value is -1.87. The Kier molecular flexibility index (Phi) is 4.06. The normalized spacial score (nSPS) is 19.0. The Morgan fingerprint density at radius 3 is 2.71 bits per heavy atom. The van der Waals surface area contributed by atoms with Crippen LogP contribution in [0.1, 0.15) is 29.0 Å². The van der Waals surface area contributed by atoms with E-state index in [0.717, 1.165) is 6.07 Å². The summed E-state index contributed by atoms with van der Waals surface area (Å²) in [6.07, 6.45) is 0.987. The lowest BCUT2D eigenvalue weighted by atomic mass is 10.2. The third-order valence-electron chi connectivity index (χ3n) is 3.46. The SMILES string of the molecule is CNS(=O)(=O)c1cc(C(=O)N2CCC[C@H]2C(=O)O)c(C)o1. The number of nitrogens with one attached hydrogen (secondary N) is 1. The number of sulfonamides is 1. The fraction of sp³-hybridized carbons (Fsp3) is 0.500. The van der Waals surface area contributed by atoms with Gasteiger partial charge in [-0.15, -0.1) is 0 Å². The third-order valence-corrected chi connectivity index (χ3v) is 4.73. The van der Waals surface area contributed by atoms with E-state index < -0.39 is 27.9 Å². The van der Waals surface area contributed by atoms with Crippen LogP contribution in [0.15, 0.2) is 15.6 Å². The number of hydrogen-bond acceptors (Lipinski definition) is 5. The molecule has 0 aromatic carbocycles. The third kappa shape index (κ3) is 2.79. The van der Waals surface area contributed by atoms with Crippen LogP contribution in [0.5, 0.6) is 0 Å². The van der Waals surface area contributed by atoms with E-state index in [-0.39, 0.29) is 16.4 Å². The molecule has 9 heteroatoms. The topological polar surface area (TPSA) is 117 Å². The van der Waals surface area contributed by atoms with Crippen molar-refractivity contribution in [2.24, 2.45) is 0 Å². The van der Waals surface area contributed by atoms with E-state index in [1.54, 1.807) is 0 Å². The van der Waals surface area contributed by atoms with E-state index in [0.29, 0.717) is 19.4 Å². The summed E-state index contributed by atoms with van der Waals surface area (Å²) in [6, 6.07) is 0.247. The van der Waals surface area contributed by atoms with Gasteiger partial charge in [0.05, 0.1) is 5.56 Å². The summed E-state index contributed by atoms with van der Waals surface area (Å²) in [7, 11) is -2.56. The van der Waals surface area contributed by atoms with Crippen molar-refractivity contribution in [1.29, 1.82) is 0 Å². The molecule has 116 valence electrons. The monoisotopic (exact) mass is 316 g/mol. The van der Waals surface area contributed by atoms with Gasteiger partial charge in [-0.1, -0.05) is 0 Å². The zero-order valence-electron chi connectivity index (χ0n) is 11.6. The first kappa shape index (κ1) is 15.5. The molecular formula is C12H16N2O6S. The summed E-state index contributed by atoms with van der Waals surface area (Å²) in [5.74, 6) is -1.45. The van der Waals surface area contributed by atoms with Crippen molar-refractivity contribution in [1.82, 2.24) is 9.62 Å². The van der Waals surface area contributed by atoms with Gasteiger partial charge in [0.2, 0.25) is 5.09 Å². The number of hydrogen-bond donors (Lipinski definition) is 2. The highest BCUT2D eigenvalue weighted by Crippen LogP contribution is 2.25. The maximum absolute atomic E-state index is 12.4. The van der Waals surface area contributed by atoms with Crippen LogP contribution in [0.3, 0.4) is 0 Å². The van der Waals surface area contributed by atoms with Gasteiger partial charge in [-0.05, 0) is 26.8 Å². The number of carboxylic acids is 1. The molecule has 8 nitrogen and oxygen atoms in total. The number of likely N-dealkylation sites (tertiary alicyclic amines) is 1. The summed E-state index contributed by atoms with van der Waals surface area (Å²) < 4.78 is 30.5. The first-order valence-electron chi connectivity index (χ1n) is 6.35. The maximum Gasteiger partial charge on any atom is 0.326 e. The number of aliphatic carboxylic acids is 1. The second-order valence-electron chi connectivity index (χ2n) is 4.74. The number of rotatable bonds is 4. The standard InChI is InChI=1S/C12H16N2O6S/c1-7-8(6-10(20-7)21(18,19)13-2)11(15)14-5-3-4-9(14)12(16)17/h6,9,13H,3-5H2,1-2H3,(H,16,17)/t9-/m0/s1. The number of amides is 1. The van der Waals surface area contributed by atoms with Gasteiger partial charge in [0, 0.05) is 12.6 Å². The lowest BCUT2D eigenvalue weighted by Gasteiger charge is -2.20. The van der Waals surface area contributed by atoms with E-state index >= 15 is 0 Å². The Bertz CT molecular complexity index is 678. The van der Waals surface area contributed by atoms with Crippen molar-refractivity contribution < 1.29 is 27.5 Å². The number of carbonyl (C=O) groups is 2. The number of nitrogens with zero attached hydrogens (tertiary/aromatic N) is 1. The second-order valence-corrected chi connectivity index (χ2v) is 6.56. The molecule has 0 aliphatic carbocycles. The molecule has 1 aliphatic rings. The van der Waals surface area contributed by atoms with Crippen molar-refractivity contribution in [3.8, 4) is 0 Å². The van der Waals surface area contributed by atoms with Crippen LogP contribution < -0.4 is 4.72 Å². The summed E-state index contributed by atoms with van der Waals surface area (Å²) in [4.78, 5) is 24.8. The van der Waals surface area contributed by atoms with Crippen LogP contribution in [0, 0.1) is 6.92 Å². The molecule has 1 atom stereocenters. The minimum atomic E-state index is -3.79. The molecule has 0 unspecified atom stereocenters. The van der Waals surface area contributed by atoms with E-state index in [1.807, 2.05) is 0 Å². The van der Waals surface area contributed by atoms with Gasteiger partial charge in [-0.25, -0.2) is 17.9 Å². The quantitative estimate of drug-likeness (QED) is 0.818. The molecule has 2 rings (SSSR count). The van der Waals surface area contributed by atoms with Crippen molar-refractivity contribution in [3.05, 3.63) is 17.4 Å². The molecule has 0 radical (unpaired) electrons. The minimum Gasteiger partial charge on any atom is -0.480 e. The largest absolute Gasteiger partial charge is 0.480 e. The summed E-state index contributed by atoms with van der Waals surface area (Å²) in [6.45, 7) is 1.79. The predicted molar refractivity (Wildman–Crippen MR) is 71.4 cm³/mol. The van der Waals surface area contributed by atoms with Gasteiger partial charge in [0.25, 0.3) is 15.9 Å². The summed E-state index contributed by atoms with van der Waals surface area (Å²) in [5, 5.41) is 8.73. The number of furan rings is 1. The van der Waals surface area contributed by atoms with Gasteiger partial charge in [0.15, 0.2) is 0 Å². The lowest BCUT2D eigenvalue weighted by Crippen LogP contribution is -2.40. The number of aryl methyl sites for hydroxylation is 1. The molecule has 1 fully saturated rings. The van der Waals surface area contributed by atoms with E-state index in [1.165, 1.54) is 18.9 Å². The molecule has 21 heavy (non-hydrogen) atoms. The molecule has 1 aliphatic heterocycles. The van der Waals surface area contributed by atoms with Crippen LogP contribution in [0.4, 0.5) is 0 Å². The minimum absolute atomic E-state index is 0.0666. The maximum atomic E-state index is 12.4. The van der Waals surface area contributed by atoms with E-state index in [9.17, 15) is 18.0 Å². The van der Waals surface area contributed by atoms with Gasteiger partial charge in [0.1, 0.15) is 11.8 Å². The van der Waals surface area contributed by atoms with Gasteiger partial charge < -0.3 is 14.4 Å². The Morgan fingerprint density at radius 1 is 1.48 bits per heavy atom. The van der Waals surface area contributed by atoms with E-state index in [4.69, 9.17) is 9.52 Å². The van der Waals surface area contributed by atoms with Gasteiger partial charge in [-0.2, -0.15) is 0 Å².